The first-order chi connectivity index (χ1) is 9.52. The van der Waals surface area contributed by atoms with Gasteiger partial charge in [0.05, 0.1) is 13.7 Å². The van der Waals surface area contributed by atoms with Crippen LogP contribution < -0.4 is 10.6 Å². The van der Waals surface area contributed by atoms with Crippen LogP contribution in [0.4, 0.5) is 0 Å². The molecule has 0 saturated heterocycles. The van der Waals surface area contributed by atoms with Gasteiger partial charge >= 0.3 is 5.97 Å². The van der Waals surface area contributed by atoms with Gasteiger partial charge in [-0.2, -0.15) is 0 Å². The third kappa shape index (κ3) is 5.84. The van der Waals surface area contributed by atoms with E-state index in [1.807, 2.05) is 44.2 Å². The fourth-order valence-electron chi connectivity index (χ4n) is 1.73. The highest BCUT2D eigenvalue weighted by Crippen LogP contribution is 2.04. The molecule has 0 bridgehead atoms. The summed E-state index contributed by atoms with van der Waals surface area (Å²) in [7, 11) is 1.32. The Hall–Kier alpha value is -1.88. The zero-order valence-corrected chi connectivity index (χ0v) is 12.2. The highest BCUT2D eigenvalue weighted by atomic mass is 16.5. The van der Waals surface area contributed by atoms with Crippen molar-refractivity contribution in [2.45, 2.75) is 32.4 Å². The second-order valence-corrected chi connectivity index (χ2v) is 4.87. The maximum absolute atomic E-state index is 11.8. The summed E-state index contributed by atoms with van der Waals surface area (Å²) in [5.41, 5.74) is 0.972. The van der Waals surface area contributed by atoms with Crippen LogP contribution in [0.2, 0.25) is 0 Å². The molecule has 0 aromatic heterocycles. The van der Waals surface area contributed by atoms with Crippen molar-refractivity contribution < 1.29 is 14.3 Å². The molecule has 0 fully saturated rings. The normalized spacial score (nSPS) is 12.0. The summed E-state index contributed by atoms with van der Waals surface area (Å²) in [6.45, 7) is 4.09. The number of rotatable bonds is 7. The van der Waals surface area contributed by atoms with Crippen molar-refractivity contribution >= 4 is 11.9 Å². The molecular formula is C15H22N2O3. The average molecular weight is 278 g/mol. The number of carbonyl (C=O) groups is 2. The first-order valence-electron chi connectivity index (χ1n) is 6.67. The molecule has 110 valence electrons. The first kappa shape index (κ1) is 16.2. The van der Waals surface area contributed by atoms with Gasteiger partial charge in [0.25, 0.3) is 0 Å². The van der Waals surface area contributed by atoms with Crippen LogP contribution >= 0.6 is 0 Å². The van der Waals surface area contributed by atoms with Gasteiger partial charge in [0.1, 0.15) is 6.04 Å². The van der Waals surface area contributed by atoms with Gasteiger partial charge in [0.2, 0.25) is 5.91 Å². The molecule has 1 unspecified atom stereocenters. The molecule has 5 heteroatoms. The largest absolute Gasteiger partial charge is 0.467 e. The van der Waals surface area contributed by atoms with Crippen LogP contribution in [0.5, 0.6) is 0 Å². The molecule has 1 aromatic carbocycles. The van der Waals surface area contributed by atoms with Crippen molar-refractivity contribution in [2.75, 3.05) is 13.7 Å². The van der Waals surface area contributed by atoms with E-state index in [2.05, 4.69) is 10.6 Å². The number of carbonyl (C=O) groups excluding carboxylic acids is 2. The standard InChI is InChI=1S/C15H22N2O3/c1-11(2)16-10-14(18)17-13(15(19)20-3)9-12-7-5-4-6-8-12/h4-8,11,13,16H,9-10H2,1-3H3,(H,17,18). The van der Waals surface area contributed by atoms with E-state index >= 15 is 0 Å². The van der Waals surface area contributed by atoms with Crippen molar-refractivity contribution in [2.24, 2.45) is 0 Å². The Morgan fingerprint density at radius 3 is 2.40 bits per heavy atom. The lowest BCUT2D eigenvalue weighted by atomic mass is 10.1. The molecule has 0 aliphatic heterocycles. The average Bonchev–Trinajstić information content (AvgIpc) is 2.44. The molecule has 1 rings (SSSR count). The molecule has 20 heavy (non-hydrogen) atoms. The van der Waals surface area contributed by atoms with Crippen LogP contribution in [0.25, 0.3) is 0 Å². The van der Waals surface area contributed by atoms with E-state index in [-0.39, 0.29) is 18.5 Å². The highest BCUT2D eigenvalue weighted by molar-refractivity contribution is 5.85. The number of methoxy groups -OCH3 is 1. The molecule has 2 N–H and O–H groups in total. The van der Waals surface area contributed by atoms with E-state index in [0.29, 0.717) is 6.42 Å². The van der Waals surface area contributed by atoms with Gasteiger partial charge in [0, 0.05) is 12.5 Å². The Morgan fingerprint density at radius 1 is 1.20 bits per heavy atom. The van der Waals surface area contributed by atoms with Gasteiger partial charge in [-0.05, 0) is 5.56 Å². The molecule has 0 aliphatic rings. The first-order valence-corrected chi connectivity index (χ1v) is 6.67. The summed E-state index contributed by atoms with van der Waals surface area (Å²) in [5, 5.41) is 5.70. The SMILES string of the molecule is COC(=O)C(Cc1ccccc1)NC(=O)CNC(C)C. The Kier molecular flexibility index (Phi) is 6.73. The van der Waals surface area contributed by atoms with Crippen LogP contribution in [-0.4, -0.2) is 37.6 Å². The van der Waals surface area contributed by atoms with Crippen LogP contribution in [0.3, 0.4) is 0 Å². The van der Waals surface area contributed by atoms with Crippen molar-refractivity contribution in [1.29, 1.82) is 0 Å². The quantitative estimate of drug-likeness (QED) is 0.727. The zero-order chi connectivity index (χ0) is 15.0. The maximum Gasteiger partial charge on any atom is 0.328 e. The number of amides is 1. The summed E-state index contributed by atoms with van der Waals surface area (Å²) in [5.74, 6) is -0.656. The minimum atomic E-state index is -0.663. The third-order valence-electron chi connectivity index (χ3n) is 2.77. The molecule has 0 aliphatic carbocycles. The molecule has 5 nitrogen and oxygen atoms in total. The Morgan fingerprint density at radius 2 is 1.85 bits per heavy atom. The summed E-state index contributed by atoms with van der Waals surface area (Å²) in [6, 6.07) is 9.07. The molecule has 0 radical (unpaired) electrons. The fraction of sp³-hybridized carbons (Fsp3) is 0.467. The van der Waals surface area contributed by atoms with Crippen molar-refractivity contribution in [3.05, 3.63) is 35.9 Å². The van der Waals surface area contributed by atoms with Crippen LogP contribution in [0.15, 0.2) is 30.3 Å². The van der Waals surface area contributed by atoms with E-state index in [4.69, 9.17) is 4.74 Å². The predicted molar refractivity (Wildman–Crippen MR) is 77.2 cm³/mol. The molecular weight excluding hydrogens is 256 g/mol. The molecule has 1 aromatic rings. The Labute approximate surface area is 119 Å². The number of benzene rings is 1. The maximum atomic E-state index is 11.8. The lowest BCUT2D eigenvalue weighted by Crippen LogP contribution is -2.47. The lowest BCUT2D eigenvalue weighted by Gasteiger charge is -2.17. The zero-order valence-electron chi connectivity index (χ0n) is 12.2. The van der Waals surface area contributed by atoms with Gasteiger partial charge in [-0.1, -0.05) is 44.2 Å². The summed E-state index contributed by atoms with van der Waals surface area (Å²) in [6.07, 6.45) is 0.418. The molecule has 1 atom stereocenters. The smallest absolute Gasteiger partial charge is 0.328 e. The molecule has 0 spiro atoms. The van der Waals surface area contributed by atoms with Gasteiger partial charge in [-0.15, -0.1) is 0 Å². The monoisotopic (exact) mass is 278 g/mol. The van der Waals surface area contributed by atoms with E-state index in [9.17, 15) is 9.59 Å². The van der Waals surface area contributed by atoms with E-state index in [1.54, 1.807) is 0 Å². The van der Waals surface area contributed by atoms with E-state index in [0.717, 1.165) is 5.56 Å². The number of hydrogen-bond acceptors (Lipinski definition) is 4. The topological polar surface area (TPSA) is 67.4 Å². The fourth-order valence-corrected chi connectivity index (χ4v) is 1.73. The van der Waals surface area contributed by atoms with Gasteiger partial charge in [-0.25, -0.2) is 4.79 Å². The summed E-state index contributed by atoms with van der Waals surface area (Å²) in [4.78, 5) is 23.5. The van der Waals surface area contributed by atoms with Gasteiger partial charge < -0.3 is 15.4 Å². The van der Waals surface area contributed by atoms with Crippen molar-refractivity contribution in [3.8, 4) is 0 Å². The predicted octanol–water partition coefficient (Wildman–Crippen LogP) is 0.885. The van der Waals surface area contributed by atoms with Crippen LogP contribution in [0.1, 0.15) is 19.4 Å². The minimum Gasteiger partial charge on any atom is -0.467 e. The Balaban J connectivity index is 2.61. The van der Waals surface area contributed by atoms with E-state index in [1.165, 1.54) is 7.11 Å². The highest BCUT2D eigenvalue weighted by Gasteiger charge is 2.21. The number of hydrogen-bond donors (Lipinski definition) is 2. The number of nitrogens with one attached hydrogen (secondary N) is 2. The lowest BCUT2D eigenvalue weighted by molar-refractivity contribution is -0.144. The Bertz CT molecular complexity index is 432. The minimum absolute atomic E-state index is 0.181. The molecule has 1 amide bonds. The second-order valence-electron chi connectivity index (χ2n) is 4.87. The van der Waals surface area contributed by atoms with Crippen LogP contribution in [0, 0.1) is 0 Å². The number of esters is 1. The summed E-state index contributed by atoms with van der Waals surface area (Å²) < 4.78 is 4.74. The van der Waals surface area contributed by atoms with Crippen LogP contribution in [-0.2, 0) is 20.7 Å². The van der Waals surface area contributed by atoms with Gasteiger partial charge in [0.15, 0.2) is 0 Å². The second kappa shape index (κ2) is 8.32. The molecule has 0 saturated carbocycles. The van der Waals surface area contributed by atoms with Gasteiger partial charge in [-0.3, -0.25) is 4.79 Å². The molecule has 0 heterocycles. The number of ether oxygens (including phenoxy) is 1. The van der Waals surface area contributed by atoms with Crippen molar-refractivity contribution in [1.82, 2.24) is 10.6 Å². The van der Waals surface area contributed by atoms with Crippen molar-refractivity contribution in [3.63, 3.8) is 0 Å². The third-order valence-corrected chi connectivity index (χ3v) is 2.77. The summed E-state index contributed by atoms with van der Waals surface area (Å²) >= 11 is 0. The van der Waals surface area contributed by atoms with E-state index < -0.39 is 12.0 Å².